The lowest BCUT2D eigenvalue weighted by atomic mass is 10.0. The molecular weight excluding hydrogens is 299 g/mol. The summed E-state index contributed by atoms with van der Waals surface area (Å²) in [6, 6.07) is 4.63. The largest absolute Gasteiger partial charge is 0.496 e. The number of ether oxygens (including phenoxy) is 2. The highest BCUT2D eigenvalue weighted by molar-refractivity contribution is 9.09. The van der Waals surface area contributed by atoms with E-state index in [2.05, 4.69) is 15.9 Å². The fourth-order valence-electron chi connectivity index (χ4n) is 2.31. The molecule has 1 aromatic carbocycles. The molecule has 0 spiro atoms. The van der Waals surface area contributed by atoms with Crippen LogP contribution in [0.2, 0.25) is 0 Å². The van der Waals surface area contributed by atoms with E-state index in [4.69, 9.17) is 9.47 Å². The molecule has 1 aliphatic heterocycles. The Morgan fingerprint density at radius 2 is 2.39 bits per heavy atom. The van der Waals surface area contributed by atoms with E-state index < -0.39 is 0 Å². The highest BCUT2D eigenvalue weighted by atomic mass is 79.9. The summed E-state index contributed by atoms with van der Waals surface area (Å²) in [7, 11) is 1.61. The van der Waals surface area contributed by atoms with E-state index in [0.717, 1.165) is 43.6 Å². The summed E-state index contributed by atoms with van der Waals surface area (Å²) in [6.45, 7) is 0.876. The second kappa shape index (κ2) is 6.53. The van der Waals surface area contributed by atoms with Gasteiger partial charge in [0.1, 0.15) is 11.6 Å². The van der Waals surface area contributed by atoms with Crippen molar-refractivity contribution in [1.29, 1.82) is 0 Å². The van der Waals surface area contributed by atoms with Crippen LogP contribution in [-0.4, -0.2) is 19.8 Å². The fourth-order valence-corrected chi connectivity index (χ4v) is 2.93. The Morgan fingerprint density at radius 3 is 3.06 bits per heavy atom. The van der Waals surface area contributed by atoms with Gasteiger partial charge in [-0.1, -0.05) is 15.9 Å². The van der Waals surface area contributed by atoms with E-state index >= 15 is 0 Å². The third-order valence-corrected chi connectivity index (χ3v) is 4.25. The summed E-state index contributed by atoms with van der Waals surface area (Å²) in [5, 5.41) is 0. The predicted molar refractivity (Wildman–Crippen MR) is 72.8 cm³/mol. The summed E-state index contributed by atoms with van der Waals surface area (Å²) in [5.41, 5.74) is 0.871. The van der Waals surface area contributed by atoms with Crippen LogP contribution in [0.1, 0.15) is 36.1 Å². The first-order valence-electron chi connectivity index (χ1n) is 6.30. The molecule has 0 radical (unpaired) electrons. The van der Waals surface area contributed by atoms with Gasteiger partial charge >= 0.3 is 0 Å². The van der Waals surface area contributed by atoms with Crippen molar-refractivity contribution in [2.45, 2.75) is 36.6 Å². The molecule has 1 aromatic rings. The molecule has 0 saturated carbocycles. The van der Waals surface area contributed by atoms with Crippen LogP contribution in [-0.2, 0) is 4.74 Å². The quantitative estimate of drug-likeness (QED) is 0.757. The summed E-state index contributed by atoms with van der Waals surface area (Å²) < 4.78 is 24.1. The number of hydrogen-bond acceptors (Lipinski definition) is 2. The van der Waals surface area contributed by atoms with Crippen molar-refractivity contribution in [3.8, 4) is 5.75 Å². The van der Waals surface area contributed by atoms with Crippen molar-refractivity contribution in [3.05, 3.63) is 29.6 Å². The Balaban J connectivity index is 1.98. The molecule has 0 bridgehead atoms. The van der Waals surface area contributed by atoms with Gasteiger partial charge in [0.2, 0.25) is 0 Å². The molecule has 1 saturated heterocycles. The molecule has 4 heteroatoms. The molecule has 1 heterocycles. The van der Waals surface area contributed by atoms with Gasteiger partial charge in [-0.3, -0.25) is 0 Å². The van der Waals surface area contributed by atoms with Crippen LogP contribution in [0.4, 0.5) is 4.39 Å². The first kappa shape index (κ1) is 13.8. The molecule has 0 N–H and O–H groups in total. The normalized spacial score (nSPS) is 20.9. The molecule has 2 unspecified atom stereocenters. The van der Waals surface area contributed by atoms with Gasteiger partial charge in [0.25, 0.3) is 0 Å². The fraction of sp³-hybridized carbons (Fsp3) is 0.571. The zero-order valence-electron chi connectivity index (χ0n) is 10.5. The Kier molecular flexibility index (Phi) is 5.01. The van der Waals surface area contributed by atoms with Gasteiger partial charge in [-0.15, -0.1) is 0 Å². The minimum atomic E-state index is -0.229. The van der Waals surface area contributed by atoms with Crippen molar-refractivity contribution in [1.82, 2.24) is 0 Å². The third-order valence-electron chi connectivity index (χ3n) is 3.30. The van der Waals surface area contributed by atoms with E-state index in [-0.39, 0.29) is 10.6 Å². The van der Waals surface area contributed by atoms with Gasteiger partial charge in [0, 0.05) is 17.0 Å². The Labute approximate surface area is 116 Å². The standard InChI is InChI=1S/C14H18BrFO2/c1-17-14-7-4-10(16)9-12(14)13(15)6-5-11-3-2-8-18-11/h4,7,9,11,13H,2-3,5-6,8H2,1H3. The minimum Gasteiger partial charge on any atom is -0.496 e. The molecule has 2 atom stereocenters. The number of hydrogen-bond donors (Lipinski definition) is 0. The molecule has 0 amide bonds. The highest BCUT2D eigenvalue weighted by Gasteiger charge is 2.19. The highest BCUT2D eigenvalue weighted by Crippen LogP contribution is 2.36. The average molecular weight is 317 g/mol. The minimum absolute atomic E-state index is 0.104. The van der Waals surface area contributed by atoms with Gasteiger partial charge in [0.15, 0.2) is 0 Å². The van der Waals surface area contributed by atoms with Gasteiger partial charge < -0.3 is 9.47 Å². The maximum absolute atomic E-state index is 13.3. The molecule has 0 aliphatic carbocycles. The Morgan fingerprint density at radius 1 is 1.56 bits per heavy atom. The Hall–Kier alpha value is -0.610. The van der Waals surface area contributed by atoms with E-state index in [1.165, 1.54) is 12.1 Å². The molecule has 100 valence electrons. The van der Waals surface area contributed by atoms with E-state index in [1.54, 1.807) is 13.2 Å². The van der Waals surface area contributed by atoms with Crippen LogP contribution >= 0.6 is 15.9 Å². The molecule has 18 heavy (non-hydrogen) atoms. The second-order valence-corrected chi connectivity index (χ2v) is 5.67. The van der Waals surface area contributed by atoms with Gasteiger partial charge in [-0.2, -0.15) is 0 Å². The zero-order chi connectivity index (χ0) is 13.0. The van der Waals surface area contributed by atoms with Crippen molar-refractivity contribution >= 4 is 15.9 Å². The lowest BCUT2D eigenvalue weighted by Crippen LogP contribution is -2.06. The van der Waals surface area contributed by atoms with Crippen LogP contribution in [0.25, 0.3) is 0 Å². The predicted octanol–water partition coefficient (Wildman–Crippen LogP) is 4.23. The van der Waals surface area contributed by atoms with Gasteiger partial charge in [-0.05, 0) is 43.9 Å². The van der Waals surface area contributed by atoms with E-state index in [1.807, 2.05) is 0 Å². The van der Waals surface area contributed by atoms with Crippen LogP contribution in [0.3, 0.4) is 0 Å². The van der Waals surface area contributed by atoms with Crippen LogP contribution < -0.4 is 4.74 Å². The van der Waals surface area contributed by atoms with Crippen molar-refractivity contribution < 1.29 is 13.9 Å². The lowest BCUT2D eigenvalue weighted by Gasteiger charge is -2.16. The van der Waals surface area contributed by atoms with Crippen LogP contribution in [0.15, 0.2) is 18.2 Å². The topological polar surface area (TPSA) is 18.5 Å². The van der Waals surface area contributed by atoms with Crippen LogP contribution in [0.5, 0.6) is 5.75 Å². The summed E-state index contributed by atoms with van der Waals surface area (Å²) in [4.78, 5) is 0.104. The number of alkyl halides is 1. The van der Waals surface area contributed by atoms with Crippen molar-refractivity contribution in [3.63, 3.8) is 0 Å². The molecule has 1 aliphatic rings. The maximum Gasteiger partial charge on any atom is 0.123 e. The maximum atomic E-state index is 13.3. The summed E-state index contributed by atoms with van der Waals surface area (Å²) in [5.74, 6) is 0.498. The lowest BCUT2D eigenvalue weighted by molar-refractivity contribution is 0.102. The van der Waals surface area contributed by atoms with Crippen molar-refractivity contribution in [2.24, 2.45) is 0 Å². The number of rotatable bonds is 5. The first-order valence-corrected chi connectivity index (χ1v) is 7.21. The first-order chi connectivity index (χ1) is 8.70. The summed E-state index contributed by atoms with van der Waals surface area (Å²) >= 11 is 3.62. The second-order valence-electron chi connectivity index (χ2n) is 4.57. The number of methoxy groups -OCH3 is 1. The molecule has 0 aromatic heterocycles. The van der Waals surface area contributed by atoms with Crippen LogP contribution in [0, 0.1) is 5.82 Å². The average Bonchev–Trinajstić information content (AvgIpc) is 2.89. The van der Waals surface area contributed by atoms with Gasteiger partial charge in [-0.25, -0.2) is 4.39 Å². The molecule has 1 fully saturated rings. The van der Waals surface area contributed by atoms with E-state index in [9.17, 15) is 4.39 Å². The number of halogens is 2. The smallest absolute Gasteiger partial charge is 0.123 e. The number of benzene rings is 1. The third kappa shape index (κ3) is 3.45. The summed E-state index contributed by atoms with van der Waals surface area (Å²) in [6.07, 6.45) is 4.57. The van der Waals surface area contributed by atoms with E-state index in [0.29, 0.717) is 6.10 Å². The molecular formula is C14H18BrFO2. The SMILES string of the molecule is COc1ccc(F)cc1C(Br)CCC1CCCO1. The zero-order valence-corrected chi connectivity index (χ0v) is 12.1. The monoisotopic (exact) mass is 316 g/mol. The van der Waals surface area contributed by atoms with Crippen molar-refractivity contribution in [2.75, 3.05) is 13.7 Å². The Bertz CT molecular complexity index is 391. The molecule has 2 nitrogen and oxygen atoms in total. The molecule has 2 rings (SSSR count). The van der Waals surface area contributed by atoms with Gasteiger partial charge in [0.05, 0.1) is 13.2 Å².